The fraction of sp³-hybridized carbons (Fsp3) is 0.714. The third-order valence-electron chi connectivity index (χ3n) is 2.90. The van der Waals surface area contributed by atoms with Gasteiger partial charge in [-0.15, -0.1) is 0 Å². The molecule has 22 heavy (non-hydrogen) atoms. The number of carbonyl (C=O) groups is 2. The van der Waals surface area contributed by atoms with Crippen molar-refractivity contribution in [2.75, 3.05) is 26.2 Å². The molecule has 0 bridgehead atoms. The zero-order chi connectivity index (χ0) is 16.6. The minimum atomic E-state index is -1.00. The fourth-order valence-electron chi connectivity index (χ4n) is 1.95. The van der Waals surface area contributed by atoms with E-state index < -0.39 is 11.9 Å². The Morgan fingerprint density at radius 1 is 1.00 bits per heavy atom. The number of rotatable bonds is 16. The summed E-state index contributed by atoms with van der Waals surface area (Å²) in [6, 6.07) is 0. The van der Waals surface area contributed by atoms with E-state index >= 15 is 0 Å². The molecule has 0 aliphatic carbocycles. The molecule has 0 aromatic carbocycles. The molecule has 0 fully saturated rings. The molecule has 0 aromatic heterocycles. The monoisotopic (exact) mass is 318 g/mol. The number of carboxylic acids is 2. The van der Waals surface area contributed by atoms with Crippen LogP contribution in [0, 0.1) is 0 Å². The SMILES string of the molecule is C=COONCCCCCCCCN(CC(=O)O)CC(=O)O. The Balaban J connectivity index is 3.46. The van der Waals surface area contributed by atoms with E-state index in [0.29, 0.717) is 13.1 Å². The van der Waals surface area contributed by atoms with Gasteiger partial charge in [-0.3, -0.25) is 14.5 Å². The predicted molar refractivity (Wildman–Crippen MR) is 79.8 cm³/mol. The maximum atomic E-state index is 10.6. The Kier molecular flexibility index (Phi) is 13.2. The first kappa shape index (κ1) is 20.4. The Labute approximate surface area is 130 Å². The second kappa shape index (κ2) is 14.3. The molecule has 0 unspecified atom stereocenters. The molecule has 8 heteroatoms. The molecule has 0 aliphatic heterocycles. The first-order chi connectivity index (χ1) is 10.6. The highest BCUT2D eigenvalue weighted by Crippen LogP contribution is 2.06. The number of nitrogens with zero attached hydrogens (tertiary/aromatic N) is 1. The molecule has 0 heterocycles. The van der Waals surface area contributed by atoms with Crippen LogP contribution in [0.1, 0.15) is 38.5 Å². The van der Waals surface area contributed by atoms with Gasteiger partial charge in [-0.2, -0.15) is 5.48 Å². The zero-order valence-electron chi connectivity index (χ0n) is 12.8. The van der Waals surface area contributed by atoms with E-state index in [2.05, 4.69) is 21.9 Å². The van der Waals surface area contributed by atoms with E-state index in [1.54, 1.807) is 0 Å². The van der Waals surface area contributed by atoms with Crippen LogP contribution in [0.25, 0.3) is 0 Å². The molecule has 0 rings (SSSR count). The number of aliphatic carboxylic acids is 2. The average molecular weight is 318 g/mol. The molecular formula is C14H26N2O6. The molecule has 0 aliphatic rings. The molecule has 0 saturated carbocycles. The molecule has 0 atom stereocenters. The van der Waals surface area contributed by atoms with Gasteiger partial charge in [0.05, 0.1) is 13.1 Å². The van der Waals surface area contributed by atoms with E-state index in [9.17, 15) is 9.59 Å². The molecule has 0 aromatic rings. The summed E-state index contributed by atoms with van der Waals surface area (Å²) >= 11 is 0. The smallest absolute Gasteiger partial charge is 0.317 e. The van der Waals surface area contributed by atoms with Gasteiger partial charge in [-0.25, -0.2) is 0 Å². The van der Waals surface area contributed by atoms with Gasteiger partial charge in [-0.1, -0.05) is 37.3 Å². The van der Waals surface area contributed by atoms with Crippen molar-refractivity contribution in [2.45, 2.75) is 38.5 Å². The summed E-state index contributed by atoms with van der Waals surface area (Å²) < 4.78 is 0. The summed E-state index contributed by atoms with van der Waals surface area (Å²) in [4.78, 5) is 31.7. The molecular weight excluding hydrogens is 292 g/mol. The second-order valence-corrected chi connectivity index (χ2v) is 4.86. The summed E-state index contributed by atoms with van der Waals surface area (Å²) in [6.45, 7) is 4.05. The van der Waals surface area contributed by atoms with Crippen LogP contribution >= 0.6 is 0 Å². The molecule has 128 valence electrons. The minimum absolute atomic E-state index is 0.231. The largest absolute Gasteiger partial charge is 0.480 e. The third-order valence-corrected chi connectivity index (χ3v) is 2.90. The lowest BCUT2D eigenvalue weighted by Gasteiger charge is -2.17. The number of hydrogen-bond donors (Lipinski definition) is 3. The molecule has 3 N–H and O–H groups in total. The number of hydroxylamine groups is 1. The van der Waals surface area contributed by atoms with Crippen LogP contribution in [0.4, 0.5) is 0 Å². The van der Waals surface area contributed by atoms with Gasteiger partial charge < -0.3 is 15.1 Å². The van der Waals surface area contributed by atoms with Gasteiger partial charge in [0.2, 0.25) is 0 Å². The lowest BCUT2D eigenvalue weighted by molar-refractivity contribution is -0.295. The molecule has 0 spiro atoms. The summed E-state index contributed by atoms with van der Waals surface area (Å²) in [5.41, 5.74) is 2.63. The zero-order valence-corrected chi connectivity index (χ0v) is 12.8. The average Bonchev–Trinajstić information content (AvgIpc) is 2.43. The lowest BCUT2D eigenvalue weighted by atomic mass is 10.1. The number of hydrogen-bond acceptors (Lipinski definition) is 6. The normalized spacial score (nSPS) is 10.6. The van der Waals surface area contributed by atoms with E-state index in [-0.39, 0.29) is 13.1 Å². The Morgan fingerprint density at radius 2 is 1.55 bits per heavy atom. The van der Waals surface area contributed by atoms with Crippen LogP contribution in [-0.4, -0.2) is 53.2 Å². The van der Waals surface area contributed by atoms with Crippen molar-refractivity contribution in [2.24, 2.45) is 0 Å². The Hall–Kier alpha value is -1.64. The van der Waals surface area contributed by atoms with Crippen LogP contribution in [0.15, 0.2) is 12.8 Å². The lowest BCUT2D eigenvalue weighted by Crippen LogP contribution is -2.35. The Bertz CT molecular complexity index is 308. The van der Waals surface area contributed by atoms with E-state index in [1.807, 2.05) is 0 Å². The summed E-state index contributed by atoms with van der Waals surface area (Å²) in [6.07, 6.45) is 7.07. The van der Waals surface area contributed by atoms with Crippen molar-refractivity contribution in [3.63, 3.8) is 0 Å². The van der Waals surface area contributed by atoms with Crippen molar-refractivity contribution in [3.8, 4) is 0 Å². The second-order valence-electron chi connectivity index (χ2n) is 4.86. The molecule has 0 saturated heterocycles. The standard InChI is InChI=1S/C14H26N2O6/c1-2-21-22-15-9-7-5-3-4-6-8-10-16(11-13(17)18)12-14(19)20/h2,15H,1,3-12H2,(H,17,18)(H,19,20). The van der Waals surface area contributed by atoms with E-state index in [1.165, 1.54) is 11.2 Å². The summed E-state index contributed by atoms with van der Waals surface area (Å²) in [5.74, 6) is -2.01. The first-order valence-electron chi connectivity index (χ1n) is 7.38. The van der Waals surface area contributed by atoms with Gasteiger partial charge in [-0.05, 0) is 19.4 Å². The van der Waals surface area contributed by atoms with Crippen molar-refractivity contribution >= 4 is 11.9 Å². The summed E-state index contributed by atoms with van der Waals surface area (Å²) in [7, 11) is 0. The quantitative estimate of drug-likeness (QED) is 0.170. The van der Waals surface area contributed by atoms with Gasteiger partial charge in [0, 0.05) is 6.54 Å². The Morgan fingerprint density at radius 3 is 2.09 bits per heavy atom. The third kappa shape index (κ3) is 14.8. The van der Waals surface area contributed by atoms with Gasteiger partial charge in [0.25, 0.3) is 0 Å². The van der Waals surface area contributed by atoms with Crippen LogP contribution in [-0.2, 0) is 19.5 Å². The number of carboxylic acid groups (broad SMARTS) is 2. The van der Waals surface area contributed by atoms with Gasteiger partial charge in [0.1, 0.15) is 6.26 Å². The van der Waals surface area contributed by atoms with Crippen molar-refractivity contribution in [1.82, 2.24) is 10.4 Å². The van der Waals surface area contributed by atoms with Crippen molar-refractivity contribution in [1.29, 1.82) is 0 Å². The number of nitrogens with one attached hydrogen (secondary N) is 1. The highest BCUT2D eigenvalue weighted by Gasteiger charge is 2.12. The topological polar surface area (TPSA) is 108 Å². The van der Waals surface area contributed by atoms with Gasteiger partial charge in [0.15, 0.2) is 0 Å². The maximum absolute atomic E-state index is 10.6. The minimum Gasteiger partial charge on any atom is -0.480 e. The summed E-state index contributed by atoms with van der Waals surface area (Å²) in [5, 5.41) is 17.4. The maximum Gasteiger partial charge on any atom is 0.317 e. The van der Waals surface area contributed by atoms with Crippen LogP contribution < -0.4 is 5.48 Å². The van der Waals surface area contributed by atoms with Crippen molar-refractivity contribution < 1.29 is 29.7 Å². The highest BCUT2D eigenvalue weighted by atomic mass is 17.3. The van der Waals surface area contributed by atoms with E-state index in [4.69, 9.17) is 10.2 Å². The van der Waals surface area contributed by atoms with Crippen LogP contribution in [0.2, 0.25) is 0 Å². The number of unbranched alkanes of at least 4 members (excludes halogenated alkanes) is 5. The molecule has 8 nitrogen and oxygen atoms in total. The van der Waals surface area contributed by atoms with Crippen LogP contribution in [0.3, 0.4) is 0 Å². The van der Waals surface area contributed by atoms with E-state index in [0.717, 1.165) is 38.5 Å². The van der Waals surface area contributed by atoms with Gasteiger partial charge >= 0.3 is 11.9 Å². The highest BCUT2D eigenvalue weighted by molar-refractivity contribution is 5.72. The van der Waals surface area contributed by atoms with Crippen LogP contribution in [0.5, 0.6) is 0 Å². The fourth-order valence-corrected chi connectivity index (χ4v) is 1.95. The predicted octanol–water partition coefficient (Wildman–Crippen LogP) is 1.39. The molecule has 0 amide bonds. The van der Waals surface area contributed by atoms with Crippen molar-refractivity contribution in [3.05, 3.63) is 12.8 Å². The first-order valence-corrected chi connectivity index (χ1v) is 7.38. The molecule has 0 radical (unpaired) electrons.